The highest BCUT2D eigenvalue weighted by atomic mass is 32.2. The molecule has 0 aliphatic rings. The summed E-state index contributed by atoms with van der Waals surface area (Å²) in [6.07, 6.45) is 0. The summed E-state index contributed by atoms with van der Waals surface area (Å²) in [5.41, 5.74) is 4.79. The van der Waals surface area contributed by atoms with Crippen molar-refractivity contribution in [1.82, 2.24) is 0 Å². The van der Waals surface area contributed by atoms with Gasteiger partial charge in [0.1, 0.15) is 5.75 Å². The molecule has 1 aromatic carbocycles. The summed E-state index contributed by atoms with van der Waals surface area (Å²) in [6.45, 7) is 7.69. The normalized spacial score (nSPS) is 11.8. The molecule has 0 spiro atoms. The van der Waals surface area contributed by atoms with Crippen molar-refractivity contribution in [2.75, 3.05) is 0 Å². The fourth-order valence-electron chi connectivity index (χ4n) is 1.74. The molecule has 1 rings (SSSR count). The molecule has 0 aromatic heterocycles. The van der Waals surface area contributed by atoms with E-state index in [-0.39, 0.29) is 5.75 Å². The smallest absolute Gasteiger partial charge is 0.269 e. The summed E-state index contributed by atoms with van der Waals surface area (Å²) in [7, 11) is -3.95. The van der Waals surface area contributed by atoms with E-state index in [2.05, 4.69) is 0 Å². The Bertz CT molecular complexity index is 487. The number of hydrogen-bond acceptors (Lipinski definition) is 2. The molecular weight excluding hydrogens is 212 g/mol. The van der Waals surface area contributed by atoms with E-state index >= 15 is 0 Å². The maximum absolute atomic E-state index is 10.9. The largest absolute Gasteiger partial charge is 0.285 e. The lowest BCUT2D eigenvalue weighted by Gasteiger charge is -2.13. The Morgan fingerprint density at radius 2 is 1.60 bits per heavy atom. The van der Waals surface area contributed by atoms with Crippen LogP contribution in [-0.4, -0.2) is 13.0 Å². The standard InChI is InChI=1S/C11H16O3S/c1-7-5-8(2)11(6-15(12,13)14)10(4)9(7)3/h5H,6H2,1-4H3,(H,12,13,14). The third kappa shape index (κ3) is 2.79. The molecule has 0 saturated carbocycles. The van der Waals surface area contributed by atoms with Gasteiger partial charge in [-0.3, -0.25) is 4.55 Å². The van der Waals surface area contributed by atoms with Crippen molar-refractivity contribution in [2.24, 2.45) is 0 Å². The molecule has 3 nitrogen and oxygen atoms in total. The van der Waals surface area contributed by atoms with Crippen molar-refractivity contribution >= 4 is 10.1 Å². The van der Waals surface area contributed by atoms with Crippen LogP contribution in [0, 0.1) is 27.7 Å². The van der Waals surface area contributed by atoms with Gasteiger partial charge in [0.25, 0.3) is 10.1 Å². The van der Waals surface area contributed by atoms with Crippen molar-refractivity contribution in [1.29, 1.82) is 0 Å². The molecule has 0 amide bonds. The number of rotatable bonds is 2. The molecule has 0 bridgehead atoms. The Morgan fingerprint density at radius 1 is 1.07 bits per heavy atom. The molecular formula is C11H16O3S. The van der Waals surface area contributed by atoms with Gasteiger partial charge in [-0.25, -0.2) is 0 Å². The fourth-order valence-corrected chi connectivity index (χ4v) is 2.55. The maximum atomic E-state index is 10.9. The molecule has 0 atom stereocenters. The monoisotopic (exact) mass is 228 g/mol. The molecule has 1 aromatic rings. The molecule has 0 radical (unpaired) electrons. The summed E-state index contributed by atoms with van der Waals surface area (Å²) in [5.74, 6) is -0.300. The Morgan fingerprint density at radius 3 is 2.07 bits per heavy atom. The molecule has 0 fully saturated rings. The van der Waals surface area contributed by atoms with Crippen LogP contribution in [0.3, 0.4) is 0 Å². The Hall–Kier alpha value is -0.870. The van der Waals surface area contributed by atoms with Crippen LogP contribution in [0.1, 0.15) is 27.8 Å². The molecule has 0 heterocycles. The minimum Gasteiger partial charge on any atom is -0.285 e. The van der Waals surface area contributed by atoms with Crippen LogP contribution in [0.2, 0.25) is 0 Å². The highest BCUT2D eigenvalue weighted by molar-refractivity contribution is 7.85. The van der Waals surface area contributed by atoms with Gasteiger partial charge in [-0.15, -0.1) is 0 Å². The van der Waals surface area contributed by atoms with Crippen LogP contribution in [0.5, 0.6) is 0 Å². The first kappa shape index (κ1) is 12.2. The van der Waals surface area contributed by atoms with Gasteiger partial charge in [-0.05, 0) is 55.5 Å². The molecule has 4 heteroatoms. The topological polar surface area (TPSA) is 54.4 Å². The number of hydrogen-bond donors (Lipinski definition) is 1. The lowest BCUT2D eigenvalue weighted by Crippen LogP contribution is -2.07. The Balaban J connectivity index is 3.37. The van der Waals surface area contributed by atoms with E-state index in [1.807, 2.05) is 33.8 Å². The summed E-state index contributed by atoms with van der Waals surface area (Å²) in [5, 5.41) is 0. The van der Waals surface area contributed by atoms with Gasteiger partial charge in [-0.2, -0.15) is 8.42 Å². The highest BCUT2D eigenvalue weighted by Gasteiger charge is 2.14. The summed E-state index contributed by atoms with van der Waals surface area (Å²) in [4.78, 5) is 0. The zero-order chi connectivity index (χ0) is 11.8. The molecule has 1 N–H and O–H groups in total. The SMILES string of the molecule is Cc1cc(C)c(CS(=O)(=O)O)c(C)c1C. The lowest BCUT2D eigenvalue weighted by atomic mass is 9.95. The van der Waals surface area contributed by atoms with Gasteiger partial charge >= 0.3 is 0 Å². The van der Waals surface area contributed by atoms with Crippen molar-refractivity contribution in [3.8, 4) is 0 Å². The summed E-state index contributed by atoms with van der Waals surface area (Å²) in [6, 6.07) is 1.95. The zero-order valence-corrected chi connectivity index (χ0v) is 10.3. The predicted molar refractivity (Wildman–Crippen MR) is 60.6 cm³/mol. The van der Waals surface area contributed by atoms with E-state index < -0.39 is 10.1 Å². The lowest BCUT2D eigenvalue weighted by molar-refractivity contribution is 0.482. The first-order valence-corrected chi connectivity index (χ1v) is 6.34. The third-order valence-corrected chi connectivity index (χ3v) is 3.50. The Labute approximate surface area is 90.9 Å². The first-order valence-electron chi connectivity index (χ1n) is 4.74. The van der Waals surface area contributed by atoms with Crippen molar-refractivity contribution in [3.05, 3.63) is 33.9 Å². The van der Waals surface area contributed by atoms with E-state index in [4.69, 9.17) is 4.55 Å². The van der Waals surface area contributed by atoms with Gasteiger partial charge < -0.3 is 0 Å². The Kier molecular flexibility index (Phi) is 3.21. The predicted octanol–water partition coefficient (Wildman–Crippen LogP) is 2.31. The number of benzene rings is 1. The van der Waals surface area contributed by atoms with Crippen LogP contribution in [0.15, 0.2) is 6.07 Å². The molecule has 0 saturated heterocycles. The minimum atomic E-state index is -3.95. The first-order chi connectivity index (χ1) is 6.72. The zero-order valence-electron chi connectivity index (χ0n) is 9.46. The third-order valence-electron chi connectivity index (χ3n) is 2.84. The van der Waals surface area contributed by atoms with Crippen LogP contribution in [0.4, 0.5) is 0 Å². The maximum Gasteiger partial charge on any atom is 0.269 e. The quantitative estimate of drug-likeness (QED) is 0.790. The molecule has 15 heavy (non-hydrogen) atoms. The summed E-state index contributed by atoms with van der Waals surface area (Å²) < 4.78 is 30.6. The van der Waals surface area contributed by atoms with Crippen LogP contribution in [0.25, 0.3) is 0 Å². The highest BCUT2D eigenvalue weighted by Crippen LogP contribution is 2.22. The van der Waals surface area contributed by atoms with Crippen LogP contribution >= 0.6 is 0 Å². The van der Waals surface area contributed by atoms with Crippen LogP contribution in [-0.2, 0) is 15.9 Å². The van der Waals surface area contributed by atoms with Gasteiger partial charge in [0.2, 0.25) is 0 Å². The average Bonchev–Trinajstić information content (AvgIpc) is 2.07. The number of aryl methyl sites for hydroxylation is 2. The van der Waals surface area contributed by atoms with E-state index in [0.29, 0.717) is 5.56 Å². The van der Waals surface area contributed by atoms with E-state index in [9.17, 15) is 8.42 Å². The second-order valence-corrected chi connectivity index (χ2v) is 5.42. The minimum absolute atomic E-state index is 0.300. The fraction of sp³-hybridized carbons (Fsp3) is 0.455. The molecule has 0 unspecified atom stereocenters. The molecule has 84 valence electrons. The van der Waals surface area contributed by atoms with Gasteiger partial charge in [-0.1, -0.05) is 6.07 Å². The second kappa shape index (κ2) is 3.94. The van der Waals surface area contributed by atoms with Crippen LogP contribution < -0.4 is 0 Å². The average molecular weight is 228 g/mol. The van der Waals surface area contributed by atoms with E-state index in [1.165, 1.54) is 0 Å². The second-order valence-electron chi connectivity index (χ2n) is 3.97. The van der Waals surface area contributed by atoms with Gasteiger partial charge in [0.15, 0.2) is 0 Å². The molecule has 0 aliphatic heterocycles. The van der Waals surface area contributed by atoms with Gasteiger partial charge in [0.05, 0.1) is 0 Å². The van der Waals surface area contributed by atoms with E-state index in [1.54, 1.807) is 0 Å². The van der Waals surface area contributed by atoms with Crippen molar-refractivity contribution in [2.45, 2.75) is 33.4 Å². The van der Waals surface area contributed by atoms with Crippen molar-refractivity contribution < 1.29 is 13.0 Å². The summed E-state index contributed by atoms with van der Waals surface area (Å²) >= 11 is 0. The molecule has 0 aliphatic carbocycles. The van der Waals surface area contributed by atoms with E-state index in [0.717, 1.165) is 22.3 Å². The van der Waals surface area contributed by atoms with Gasteiger partial charge in [0, 0.05) is 0 Å². The van der Waals surface area contributed by atoms with Crippen molar-refractivity contribution in [3.63, 3.8) is 0 Å².